The van der Waals surface area contributed by atoms with E-state index in [-0.39, 0.29) is 0 Å². The fourth-order valence-electron chi connectivity index (χ4n) is 4.38. The molecule has 0 radical (unpaired) electrons. The minimum absolute atomic E-state index is 0.478. The second kappa shape index (κ2) is 17.6. The lowest BCUT2D eigenvalue weighted by molar-refractivity contribution is 0.190. The van der Waals surface area contributed by atoms with Gasteiger partial charge in [-0.1, -0.05) is 0 Å². The predicted molar refractivity (Wildman–Crippen MR) is 154 cm³/mol. The summed E-state index contributed by atoms with van der Waals surface area (Å²) in [6, 6.07) is 8.09. The maximum Gasteiger partial charge on any atom is 0.128 e. The van der Waals surface area contributed by atoms with Crippen molar-refractivity contribution in [3.05, 3.63) is 35.4 Å². The summed E-state index contributed by atoms with van der Waals surface area (Å²) < 4.78 is 44.8. The van der Waals surface area contributed by atoms with E-state index in [9.17, 15) is 0 Å². The van der Waals surface area contributed by atoms with Gasteiger partial charge >= 0.3 is 0 Å². The fourth-order valence-corrected chi connectivity index (χ4v) is 4.38. The van der Waals surface area contributed by atoms with Gasteiger partial charge in [0.05, 0.1) is 54.9 Å². The van der Waals surface area contributed by atoms with Crippen molar-refractivity contribution in [2.24, 2.45) is 0 Å². The number of hydrogen-bond donors (Lipinski definition) is 0. The van der Waals surface area contributed by atoms with Crippen molar-refractivity contribution >= 4 is 11.4 Å². The second-order valence-electron chi connectivity index (χ2n) is 8.78. The van der Waals surface area contributed by atoms with Crippen LogP contribution < -0.4 is 28.7 Å². The van der Waals surface area contributed by atoms with Crippen molar-refractivity contribution < 1.29 is 37.9 Å². The third-order valence-corrected chi connectivity index (χ3v) is 6.53. The van der Waals surface area contributed by atoms with Crippen molar-refractivity contribution in [3.8, 4) is 23.0 Å². The minimum atomic E-state index is 0.478. The molecule has 0 N–H and O–H groups in total. The van der Waals surface area contributed by atoms with Crippen molar-refractivity contribution in [2.75, 3.05) is 119 Å². The molecule has 10 heteroatoms. The molecule has 2 rings (SSSR count). The molecule has 10 nitrogen and oxygen atoms in total. The third-order valence-electron chi connectivity index (χ3n) is 6.53. The van der Waals surface area contributed by atoms with Crippen LogP contribution in [0.2, 0.25) is 0 Å². The van der Waals surface area contributed by atoms with Crippen LogP contribution in [0.15, 0.2) is 24.3 Å². The van der Waals surface area contributed by atoms with Crippen molar-refractivity contribution in [2.45, 2.75) is 6.42 Å². The first-order valence-corrected chi connectivity index (χ1v) is 13.0. The molecule has 0 saturated heterocycles. The highest BCUT2D eigenvalue weighted by molar-refractivity contribution is 5.65. The first-order chi connectivity index (χ1) is 19.0. The lowest BCUT2D eigenvalue weighted by Gasteiger charge is -2.27. The Hall–Kier alpha value is -2.92. The molecule has 0 heterocycles. The molecular weight excluding hydrogens is 504 g/mol. The molecule has 0 amide bonds. The second-order valence-corrected chi connectivity index (χ2v) is 8.78. The Morgan fingerprint density at radius 1 is 0.436 bits per heavy atom. The molecule has 220 valence electrons. The average Bonchev–Trinajstić information content (AvgIpc) is 2.97. The van der Waals surface area contributed by atoms with Crippen molar-refractivity contribution in [3.63, 3.8) is 0 Å². The summed E-state index contributed by atoms with van der Waals surface area (Å²) in [6.45, 7) is 5.17. The van der Waals surface area contributed by atoms with Gasteiger partial charge in [-0.15, -0.1) is 0 Å². The van der Waals surface area contributed by atoms with Crippen LogP contribution in [0.1, 0.15) is 11.1 Å². The molecule has 2 aromatic rings. The molecule has 39 heavy (non-hydrogen) atoms. The molecule has 0 fully saturated rings. The zero-order valence-electron chi connectivity index (χ0n) is 24.8. The van der Waals surface area contributed by atoms with Gasteiger partial charge in [-0.25, -0.2) is 0 Å². The molecule has 0 bridgehead atoms. The molecule has 2 aromatic carbocycles. The Kier molecular flexibility index (Phi) is 14.6. The highest BCUT2D eigenvalue weighted by Gasteiger charge is 2.22. The summed E-state index contributed by atoms with van der Waals surface area (Å²) in [7, 11) is 13.4. The Morgan fingerprint density at radius 2 is 0.692 bits per heavy atom. The van der Waals surface area contributed by atoms with Crippen LogP contribution in [-0.4, -0.2) is 109 Å². The van der Waals surface area contributed by atoms with Crippen LogP contribution in [0.3, 0.4) is 0 Å². The van der Waals surface area contributed by atoms with Crippen LogP contribution in [0.25, 0.3) is 0 Å². The van der Waals surface area contributed by atoms with E-state index < -0.39 is 0 Å². The van der Waals surface area contributed by atoms with Crippen LogP contribution in [0.5, 0.6) is 23.0 Å². The lowest BCUT2D eigenvalue weighted by atomic mass is 9.99. The summed E-state index contributed by atoms with van der Waals surface area (Å²) >= 11 is 0. The average molecular weight is 551 g/mol. The highest BCUT2D eigenvalue weighted by Crippen LogP contribution is 2.41. The van der Waals surface area contributed by atoms with Gasteiger partial charge < -0.3 is 47.7 Å². The quantitative estimate of drug-likeness (QED) is 0.244. The first kappa shape index (κ1) is 32.3. The number of rotatable bonds is 20. The van der Waals surface area contributed by atoms with Gasteiger partial charge in [-0.2, -0.15) is 0 Å². The largest absolute Gasteiger partial charge is 0.496 e. The molecule has 0 aliphatic rings. The van der Waals surface area contributed by atoms with Gasteiger partial charge in [0.25, 0.3) is 0 Å². The number of ether oxygens (including phenoxy) is 8. The summed E-state index contributed by atoms with van der Waals surface area (Å²) in [4.78, 5) is 4.37. The van der Waals surface area contributed by atoms with Crippen molar-refractivity contribution in [1.29, 1.82) is 0 Å². The topological polar surface area (TPSA) is 80.3 Å². The zero-order valence-corrected chi connectivity index (χ0v) is 24.8. The standard InChI is InChI=1S/C29H46N2O8/c1-32-13-9-30(10-14-33-2)22-17-26(36-5)24(27(18-22)37-6)21-25-28(38-7)19-23(20-29(25)39-8)31(11-15-34-3)12-16-35-4/h17-20H,9-16,21H2,1-8H3. The Labute approximate surface area is 233 Å². The van der Waals surface area contributed by atoms with E-state index in [0.717, 1.165) is 22.5 Å². The molecule has 0 aliphatic heterocycles. The highest BCUT2D eigenvalue weighted by atomic mass is 16.5. The van der Waals surface area contributed by atoms with E-state index in [4.69, 9.17) is 37.9 Å². The summed E-state index contributed by atoms with van der Waals surface area (Å²) in [6.07, 6.45) is 0.478. The summed E-state index contributed by atoms with van der Waals surface area (Å²) in [5, 5.41) is 0. The van der Waals surface area contributed by atoms with Gasteiger partial charge in [0.1, 0.15) is 23.0 Å². The van der Waals surface area contributed by atoms with Crippen LogP contribution in [0.4, 0.5) is 11.4 Å². The van der Waals surface area contributed by atoms with Gasteiger partial charge in [0.15, 0.2) is 0 Å². The minimum Gasteiger partial charge on any atom is -0.496 e. The van der Waals surface area contributed by atoms with Crippen LogP contribution in [-0.2, 0) is 25.4 Å². The van der Waals surface area contributed by atoms with Crippen molar-refractivity contribution in [1.82, 2.24) is 0 Å². The Morgan fingerprint density at radius 3 is 0.897 bits per heavy atom. The van der Waals surface area contributed by atoms with Gasteiger partial charge in [0, 0.05) is 108 Å². The first-order valence-electron chi connectivity index (χ1n) is 13.0. The number of hydrogen-bond acceptors (Lipinski definition) is 10. The number of benzene rings is 2. The lowest BCUT2D eigenvalue weighted by Crippen LogP contribution is -2.30. The molecule has 0 aromatic heterocycles. The van der Waals surface area contributed by atoms with E-state index in [1.54, 1.807) is 56.9 Å². The maximum absolute atomic E-state index is 5.87. The SMILES string of the molecule is COCCN(CCOC)c1cc(OC)c(Cc2c(OC)cc(N(CCOC)CCOC)cc2OC)c(OC)c1. The number of nitrogens with zero attached hydrogens (tertiary/aromatic N) is 2. The van der Waals surface area contributed by atoms with Gasteiger partial charge in [-0.05, 0) is 0 Å². The number of anilines is 2. The smallest absolute Gasteiger partial charge is 0.128 e. The number of methoxy groups -OCH3 is 8. The Bertz CT molecular complexity index is 844. The van der Waals surface area contributed by atoms with E-state index >= 15 is 0 Å². The monoisotopic (exact) mass is 550 g/mol. The molecular formula is C29H46N2O8. The van der Waals surface area contributed by atoms with Crippen LogP contribution in [0, 0.1) is 0 Å². The van der Waals surface area contributed by atoms with E-state index in [2.05, 4.69) is 9.80 Å². The van der Waals surface area contributed by atoms with Crippen LogP contribution >= 0.6 is 0 Å². The zero-order chi connectivity index (χ0) is 28.6. The van der Waals surface area contributed by atoms with Gasteiger partial charge in [0.2, 0.25) is 0 Å². The Balaban J connectivity index is 2.54. The third kappa shape index (κ3) is 9.06. The summed E-state index contributed by atoms with van der Waals surface area (Å²) in [5.41, 5.74) is 3.70. The molecule has 0 spiro atoms. The normalized spacial score (nSPS) is 10.9. The molecule has 0 aliphatic carbocycles. The molecule has 0 unspecified atom stereocenters. The summed E-state index contributed by atoms with van der Waals surface area (Å²) in [5.74, 6) is 2.83. The van der Waals surface area contributed by atoms with E-state index in [0.29, 0.717) is 82.0 Å². The van der Waals surface area contributed by atoms with E-state index in [1.807, 2.05) is 24.3 Å². The fraction of sp³-hybridized carbons (Fsp3) is 0.586. The predicted octanol–water partition coefficient (Wildman–Crippen LogP) is 3.51. The van der Waals surface area contributed by atoms with E-state index in [1.165, 1.54) is 0 Å². The van der Waals surface area contributed by atoms with Gasteiger partial charge in [-0.3, -0.25) is 0 Å². The maximum atomic E-state index is 5.87. The molecule has 0 saturated carbocycles. The molecule has 0 atom stereocenters.